The molecule has 5 heteroatoms. The third-order valence-electron chi connectivity index (χ3n) is 22.1. The van der Waals surface area contributed by atoms with E-state index in [9.17, 15) is 0 Å². The van der Waals surface area contributed by atoms with E-state index in [0.717, 1.165) is 71.1 Å². The van der Waals surface area contributed by atoms with E-state index in [-0.39, 0.29) is 50.0 Å². The number of furan rings is 1. The van der Waals surface area contributed by atoms with Gasteiger partial charge in [0.1, 0.15) is 5.58 Å². The molecule has 13 rings (SSSR count). The van der Waals surface area contributed by atoms with Crippen molar-refractivity contribution in [1.82, 2.24) is 0 Å². The Morgan fingerprint density at radius 1 is 0.484 bits per heavy atom. The highest BCUT2D eigenvalue weighted by Gasteiger charge is 2.49. The van der Waals surface area contributed by atoms with Crippen LogP contribution < -0.4 is 31.3 Å². The fourth-order valence-corrected chi connectivity index (χ4v) is 16.1. The maximum Gasteiger partial charge on any atom is 0.297 e. The minimum atomic E-state index is -0.242. The van der Waals surface area contributed by atoms with Crippen molar-refractivity contribution in [2.45, 2.75) is 234 Å². The van der Waals surface area contributed by atoms with Gasteiger partial charge in [-0.25, -0.2) is 0 Å². The van der Waals surface area contributed by atoms with Crippen molar-refractivity contribution in [3.8, 4) is 11.1 Å². The zero-order valence-corrected chi connectivity index (χ0v) is 59.4. The highest BCUT2D eigenvalue weighted by Crippen LogP contribution is 2.56. The molecular weight excluding hydrogens is 1100 g/mol. The quantitative estimate of drug-likeness (QED) is 0.127. The van der Waals surface area contributed by atoms with Crippen LogP contribution in [0.5, 0.6) is 0 Å². The van der Waals surface area contributed by atoms with E-state index < -0.39 is 0 Å². The molecule has 0 bridgehead atoms. The maximum atomic E-state index is 7.92. The van der Waals surface area contributed by atoms with Gasteiger partial charge in [0.25, 0.3) is 6.71 Å². The Morgan fingerprint density at radius 3 is 1.68 bits per heavy atom. The van der Waals surface area contributed by atoms with Crippen LogP contribution in [-0.4, -0.2) is 6.71 Å². The van der Waals surface area contributed by atoms with E-state index in [1.54, 1.807) is 0 Å². The van der Waals surface area contributed by atoms with Gasteiger partial charge in [-0.2, -0.15) is 0 Å². The van der Waals surface area contributed by atoms with Crippen LogP contribution in [0.15, 0.2) is 150 Å². The molecule has 0 radical (unpaired) electrons. The SMILES string of the molecule is CCCCC(C)(C)c1ccc(N2c3cc(N(c4ccc(C(C)(C)C)cc4)c4ccc5c(c4)C(C)(C)c4ccccc4-5)cc4c3B(c3cc(C(C)(C)C)ccc3N4c3cc(C(C)(C)C)cc(C(C)(C)C)c3)c3oc4cc5c(cc4c32)C(C)(C)CCC5(C)C)cc1CC. The zero-order valence-electron chi connectivity index (χ0n) is 59.4. The first-order chi connectivity index (χ1) is 42.5. The summed E-state index contributed by atoms with van der Waals surface area (Å²) in [5.74, 6) is 0. The van der Waals surface area contributed by atoms with E-state index in [2.05, 4.69) is 313 Å². The molecule has 2 aliphatic carbocycles. The lowest BCUT2D eigenvalue weighted by molar-refractivity contribution is 0.332. The molecule has 9 aromatic rings. The van der Waals surface area contributed by atoms with Crippen molar-refractivity contribution in [2.75, 3.05) is 14.7 Å². The molecule has 0 saturated heterocycles. The topological polar surface area (TPSA) is 22.9 Å². The smallest absolute Gasteiger partial charge is 0.297 e. The number of hydrogen-bond acceptors (Lipinski definition) is 4. The van der Waals surface area contributed by atoms with Crippen LogP contribution in [0.25, 0.3) is 22.1 Å². The average molecular weight is 1200 g/mol. The lowest BCUT2D eigenvalue weighted by atomic mass is 9.35. The second kappa shape index (κ2) is 21.1. The standard InChI is InChI=1S/C86H102BN3O/c1-23-25-40-83(15,16)66-38-36-59(43-53(66)24-2)90-74-50-62(88(58-33-30-54(31-34-58)79(3,4)5)60-35-37-64-63-28-26-27-29-67(63)86(21,22)68(64)48-60)49-73-76(74)87(78-77(90)65-51-69-70(52-75(65)91-78)85(19,20)42-41-84(69,17)18)71-47-55(80(6,7)8)32-39-72(71)89(73)61-45-56(81(9,10)11)44-57(46-61)82(12,13)14/h26-39,43-52H,23-25,40-42H2,1-22H3. The molecule has 0 saturated carbocycles. The number of unbranched alkanes of at least 4 members (excludes halogenated alkanes) is 1. The van der Waals surface area contributed by atoms with Gasteiger partial charge in [0, 0.05) is 50.6 Å². The largest absolute Gasteiger partial charge is 0.468 e. The van der Waals surface area contributed by atoms with E-state index in [1.165, 1.54) is 113 Å². The molecule has 8 aromatic carbocycles. The molecule has 470 valence electrons. The van der Waals surface area contributed by atoms with Gasteiger partial charge < -0.3 is 19.1 Å². The highest BCUT2D eigenvalue weighted by atomic mass is 16.3. The van der Waals surface area contributed by atoms with E-state index >= 15 is 0 Å². The summed E-state index contributed by atoms with van der Waals surface area (Å²) in [6, 6.07) is 58.5. The Morgan fingerprint density at radius 2 is 1.07 bits per heavy atom. The fourth-order valence-electron chi connectivity index (χ4n) is 16.1. The summed E-state index contributed by atoms with van der Waals surface area (Å²) in [6.07, 6.45) is 6.69. The summed E-state index contributed by atoms with van der Waals surface area (Å²) in [4.78, 5) is 7.93. The first-order valence-electron chi connectivity index (χ1n) is 34.5. The van der Waals surface area contributed by atoms with Crippen LogP contribution >= 0.6 is 0 Å². The van der Waals surface area contributed by atoms with E-state index in [0.29, 0.717) is 0 Å². The van der Waals surface area contributed by atoms with Crippen molar-refractivity contribution in [1.29, 1.82) is 0 Å². The Hall–Kier alpha value is -7.24. The van der Waals surface area contributed by atoms with Gasteiger partial charge in [-0.1, -0.05) is 232 Å². The molecule has 4 nitrogen and oxygen atoms in total. The number of anilines is 9. The van der Waals surface area contributed by atoms with Gasteiger partial charge >= 0.3 is 0 Å². The summed E-state index contributed by atoms with van der Waals surface area (Å²) < 4.78 is 7.92. The minimum Gasteiger partial charge on any atom is -0.468 e. The molecule has 3 heterocycles. The van der Waals surface area contributed by atoms with Crippen molar-refractivity contribution < 1.29 is 4.42 Å². The fraction of sp³-hybridized carbons (Fsp3) is 0.419. The van der Waals surface area contributed by atoms with Gasteiger partial charge in [-0.05, 0) is 220 Å². The zero-order chi connectivity index (χ0) is 65.2. The molecule has 91 heavy (non-hydrogen) atoms. The molecule has 0 N–H and O–H groups in total. The molecule has 1 aromatic heterocycles. The van der Waals surface area contributed by atoms with Crippen LogP contribution in [0.1, 0.15) is 240 Å². The highest BCUT2D eigenvalue weighted by molar-refractivity contribution is 7.00. The second-order valence-electron chi connectivity index (χ2n) is 34.5. The predicted octanol–water partition coefficient (Wildman–Crippen LogP) is 22.9. The van der Waals surface area contributed by atoms with Crippen LogP contribution in [-0.2, 0) is 49.7 Å². The maximum absolute atomic E-state index is 7.92. The van der Waals surface area contributed by atoms with Gasteiger partial charge in [-0.15, -0.1) is 0 Å². The first kappa shape index (κ1) is 62.6. The number of fused-ring (bicyclic) bond motifs is 10. The third kappa shape index (κ3) is 10.3. The summed E-state index contributed by atoms with van der Waals surface area (Å²) in [7, 11) is 0. The molecule has 0 fully saturated rings. The van der Waals surface area contributed by atoms with Crippen molar-refractivity contribution in [3.63, 3.8) is 0 Å². The average Bonchev–Trinajstić information content (AvgIpc) is 1.68. The normalized spacial score (nSPS) is 16.3. The first-order valence-corrected chi connectivity index (χ1v) is 34.5. The molecule has 2 aliphatic heterocycles. The number of nitrogens with zero attached hydrogens (tertiary/aromatic N) is 3. The van der Waals surface area contributed by atoms with Gasteiger partial charge in [-0.3, -0.25) is 0 Å². The van der Waals surface area contributed by atoms with E-state index in [4.69, 9.17) is 4.42 Å². The summed E-state index contributed by atoms with van der Waals surface area (Å²) in [5, 5.41) is 1.18. The monoisotopic (exact) mass is 1200 g/mol. The summed E-state index contributed by atoms with van der Waals surface area (Å²) in [5.41, 5.74) is 30.6. The number of rotatable bonds is 10. The lowest BCUT2D eigenvalue weighted by Crippen LogP contribution is -2.61. The van der Waals surface area contributed by atoms with E-state index in [1.807, 2.05) is 0 Å². The minimum absolute atomic E-state index is 0.00815. The van der Waals surface area contributed by atoms with Crippen LogP contribution in [0, 0.1) is 0 Å². The molecule has 0 atom stereocenters. The Kier molecular flexibility index (Phi) is 14.5. The summed E-state index contributed by atoms with van der Waals surface area (Å²) >= 11 is 0. The second-order valence-corrected chi connectivity index (χ2v) is 34.5. The van der Waals surface area contributed by atoms with Crippen LogP contribution in [0.2, 0.25) is 0 Å². The van der Waals surface area contributed by atoms with Crippen LogP contribution in [0.3, 0.4) is 0 Å². The van der Waals surface area contributed by atoms with Gasteiger partial charge in [0.2, 0.25) is 0 Å². The molecular formula is C86H102BN3O. The lowest BCUT2D eigenvalue weighted by Gasteiger charge is -2.44. The number of benzene rings is 8. The Bertz CT molecular complexity index is 4350. The van der Waals surface area contributed by atoms with Crippen molar-refractivity contribution in [3.05, 3.63) is 201 Å². The van der Waals surface area contributed by atoms with Crippen molar-refractivity contribution >= 4 is 85.5 Å². The van der Waals surface area contributed by atoms with Gasteiger partial charge in [0.15, 0.2) is 0 Å². The summed E-state index contributed by atoms with van der Waals surface area (Å²) in [6.45, 7) is 52.4. The molecule has 0 unspecified atom stereocenters. The Balaban J connectivity index is 1.21. The number of aryl methyl sites for hydroxylation is 1. The van der Waals surface area contributed by atoms with Crippen molar-refractivity contribution in [2.24, 2.45) is 0 Å². The molecule has 0 spiro atoms. The molecule has 0 amide bonds. The third-order valence-corrected chi connectivity index (χ3v) is 22.1. The molecule has 4 aliphatic rings. The Labute approximate surface area is 548 Å². The van der Waals surface area contributed by atoms with Crippen LogP contribution in [0.4, 0.5) is 51.2 Å². The predicted molar refractivity (Wildman–Crippen MR) is 394 cm³/mol. The number of hydrogen-bond donors (Lipinski definition) is 0. The van der Waals surface area contributed by atoms with Gasteiger partial charge in [0.05, 0.1) is 17.0 Å².